The SMILES string of the molecule is O=C(Cc1cccc(Cl)c1)NCCN1CCCCC1=O. The molecule has 1 saturated heterocycles. The van der Waals surface area contributed by atoms with Gasteiger partial charge in [-0.3, -0.25) is 9.59 Å². The van der Waals surface area contributed by atoms with Crippen LogP contribution in [0.15, 0.2) is 24.3 Å². The summed E-state index contributed by atoms with van der Waals surface area (Å²) in [6.07, 6.45) is 2.99. The molecule has 0 unspecified atom stereocenters. The number of amides is 2. The molecule has 1 aliphatic heterocycles. The highest BCUT2D eigenvalue weighted by molar-refractivity contribution is 6.30. The Hall–Kier alpha value is -1.55. The van der Waals surface area contributed by atoms with E-state index in [1.807, 2.05) is 17.0 Å². The summed E-state index contributed by atoms with van der Waals surface area (Å²) in [5, 5.41) is 3.48. The maximum atomic E-state index is 11.8. The fraction of sp³-hybridized carbons (Fsp3) is 0.467. The number of rotatable bonds is 5. The molecular formula is C15H19ClN2O2. The van der Waals surface area contributed by atoms with E-state index in [1.165, 1.54) is 0 Å². The highest BCUT2D eigenvalue weighted by atomic mass is 35.5. The standard InChI is InChI=1S/C15H19ClN2O2/c16-13-5-3-4-12(10-13)11-14(19)17-7-9-18-8-2-1-6-15(18)20/h3-5,10H,1-2,6-9,11H2,(H,17,19). The Morgan fingerprint density at radius 3 is 2.95 bits per heavy atom. The topological polar surface area (TPSA) is 49.4 Å². The molecule has 5 heteroatoms. The van der Waals surface area contributed by atoms with Gasteiger partial charge in [-0.1, -0.05) is 23.7 Å². The van der Waals surface area contributed by atoms with Crippen molar-refractivity contribution in [2.45, 2.75) is 25.7 Å². The van der Waals surface area contributed by atoms with Crippen molar-refractivity contribution in [1.29, 1.82) is 0 Å². The van der Waals surface area contributed by atoms with Gasteiger partial charge < -0.3 is 10.2 Å². The highest BCUT2D eigenvalue weighted by Crippen LogP contribution is 2.11. The lowest BCUT2D eigenvalue weighted by Crippen LogP contribution is -2.41. The van der Waals surface area contributed by atoms with Gasteiger partial charge in [0.1, 0.15) is 0 Å². The second-order valence-corrected chi connectivity index (χ2v) is 5.43. The van der Waals surface area contributed by atoms with E-state index in [4.69, 9.17) is 11.6 Å². The third kappa shape index (κ3) is 4.53. The summed E-state index contributed by atoms with van der Waals surface area (Å²) < 4.78 is 0. The number of carbonyl (C=O) groups is 2. The molecule has 0 aromatic heterocycles. The van der Waals surface area contributed by atoms with E-state index < -0.39 is 0 Å². The van der Waals surface area contributed by atoms with E-state index in [0.29, 0.717) is 31.0 Å². The Morgan fingerprint density at radius 1 is 1.35 bits per heavy atom. The molecule has 1 aliphatic rings. The molecule has 0 bridgehead atoms. The van der Waals surface area contributed by atoms with Crippen LogP contribution in [-0.4, -0.2) is 36.3 Å². The lowest BCUT2D eigenvalue weighted by Gasteiger charge is -2.26. The zero-order chi connectivity index (χ0) is 14.4. The van der Waals surface area contributed by atoms with Crippen LogP contribution in [0.5, 0.6) is 0 Å². The van der Waals surface area contributed by atoms with E-state index in [0.717, 1.165) is 24.9 Å². The molecule has 0 radical (unpaired) electrons. The first-order valence-corrected chi connectivity index (χ1v) is 7.32. The zero-order valence-corrected chi connectivity index (χ0v) is 12.2. The van der Waals surface area contributed by atoms with Crippen molar-refractivity contribution >= 4 is 23.4 Å². The van der Waals surface area contributed by atoms with Crippen LogP contribution in [0.2, 0.25) is 5.02 Å². The molecule has 0 saturated carbocycles. The first kappa shape index (κ1) is 14.9. The van der Waals surface area contributed by atoms with Crippen molar-refractivity contribution in [3.05, 3.63) is 34.9 Å². The van der Waals surface area contributed by atoms with Crippen molar-refractivity contribution < 1.29 is 9.59 Å². The minimum atomic E-state index is -0.0447. The monoisotopic (exact) mass is 294 g/mol. The first-order chi connectivity index (χ1) is 9.65. The Morgan fingerprint density at radius 2 is 2.20 bits per heavy atom. The molecular weight excluding hydrogens is 276 g/mol. The Kier molecular flexibility index (Phi) is 5.41. The minimum Gasteiger partial charge on any atom is -0.354 e. The predicted molar refractivity (Wildman–Crippen MR) is 78.6 cm³/mol. The fourth-order valence-corrected chi connectivity index (χ4v) is 2.54. The number of hydrogen-bond donors (Lipinski definition) is 1. The normalized spacial score (nSPS) is 15.2. The number of nitrogens with zero attached hydrogens (tertiary/aromatic N) is 1. The Bertz CT molecular complexity index is 491. The summed E-state index contributed by atoms with van der Waals surface area (Å²) in [6, 6.07) is 7.27. The number of piperidine rings is 1. The van der Waals surface area contributed by atoms with Crippen LogP contribution in [0.25, 0.3) is 0 Å². The number of likely N-dealkylation sites (tertiary alicyclic amines) is 1. The summed E-state index contributed by atoms with van der Waals surface area (Å²) in [6.45, 7) is 1.91. The van der Waals surface area contributed by atoms with Crippen molar-refractivity contribution in [3.63, 3.8) is 0 Å². The maximum Gasteiger partial charge on any atom is 0.224 e. The molecule has 1 heterocycles. The molecule has 1 aromatic rings. The van der Waals surface area contributed by atoms with Gasteiger partial charge in [0.25, 0.3) is 0 Å². The van der Waals surface area contributed by atoms with E-state index in [9.17, 15) is 9.59 Å². The van der Waals surface area contributed by atoms with Crippen molar-refractivity contribution in [2.75, 3.05) is 19.6 Å². The molecule has 20 heavy (non-hydrogen) atoms. The molecule has 1 fully saturated rings. The van der Waals surface area contributed by atoms with Crippen LogP contribution in [0.1, 0.15) is 24.8 Å². The second-order valence-electron chi connectivity index (χ2n) is 4.99. The molecule has 108 valence electrons. The summed E-state index contributed by atoms with van der Waals surface area (Å²) in [5.74, 6) is 0.150. The number of hydrogen-bond acceptors (Lipinski definition) is 2. The van der Waals surface area contributed by atoms with Gasteiger partial charge in [0.15, 0.2) is 0 Å². The Balaban J connectivity index is 1.71. The average molecular weight is 295 g/mol. The smallest absolute Gasteiger partial charge is 0.224 e. The van der Waals surface area contributed by atoms with Crippen LogP contribution in [0, 0.1) is 0 Å². The second kappa shape index (κ2) is 7.29. The molecule has 4 nitrogen and oxygen atoms in total. The Labute approximate surface area is 124 Å². The number of benzene rings is 1. The third-order valence-electron chi connectivity index (χ3n) is 3.38. The van der Waals surface area contributed by atoms with E-state index in [-0.39, 0.29) is 11.8 Å². The van der Waals surface area contributed by atoms with Gasteiger partial charge in [0, 0.05) is 31.1 Å². The average Bonchev–Trinajstić information content (AvgIpc) is 2.41. The lowest BCUT2D eigenvalue weighted by molar-refractivity contribution is -0.133. The molecule has 1 aromatic carbocycles. The summed E-state index contributed by atoms with van der Waals surface area (Å²) in [4.78, 5) is 25.2. The van der Waals surface area contributed by atoms with Crippen molar-refractivity contribution in [1.82, 2.24) is 10.2 Å². The summed E-state index contributed by atoms with van der Waals surface area (Å²) >= 11 is 5.87. The van der Waals surface area contributed by atoms with Gasteiger partial charge in [-0.2, -0.15) is 0 Å². The molecule has 1 N–H and O–H groups in total. The fourth-order valence-electron chi connectivity index (χ4n) is 2.32. The maximum absolute atomic E-state index is 11.8. The van der Waals surface area contributed by atoms with E-state index in [2.05, 4.69) is 5.32 Å². The number of carbonyl (C=O) groups excluding carboxylic acids is 2. The molecule has 0 aliphatic carbocycles. The van der Waals surface area contributed by atoms with Crippen LogP contribution >= 0.6 is 11.6 Å². The van der Waals surface area contributed by atoms with Crippen LogP contribution in [0.3, 0.4) is 0 Å². The zero-order valence-electron chi connectivity index (χ0n) is 11.4. The van der Waals surface area contributed by atoms with Gasteiger partial charge in [0.05, 0.1) is 6.42 Å². The lowest BCUT2D eigenvalue weighted by atomic mass is 10.1. The van der Waals surface area contributed by atoms with Crippen LogP contribution in [0.4, 0.5) is 0 Å². The highest BCUT2D eigenvalue weighted by Gasteiger charge is 2.17. The van der Waals surface area contributed by atoms with Gasteiger partial charge in [0.2, 0.25) is 11.8 Å². The summed E-state index contributed by atoms with van der Waals surface area (Å²) in [5.41, 5.74) is 0.893. The van der Waals surface area contributed by atoms with Crippen molar-refractivity contribution in [3.8, 4) is 0 Å². The molecule has 0 atom stereocenters. The van der Waals surface area contributed by atoms with Gasteiger partial charge >= 0.3 is 0 Å². The number of nitrogens with one attached hydrogen (secondary N) is 1. The predicted octanol–water partition coefficient (Wildman–Crippen LogP) is 2.01. The van der Waals surface area contributed by atoms with Crippen LogP contribution < -0.4 is 5.32 Å². The van der Waals surface area contributed by atoms with Crippen molar-refractivity contribution in [2.24, 2.45) is 0 Å². The van der Waals surface area contributed by atoms with Crippen LogP contribution in [-0.2, 0) is 16.0 Å². The summed E-state index contributed by atoms with van der Waals surface area (Å²) in [7, 11) is 0. The van der Waals surface area contributed by atoms with Gasteiger partial charge in [-0.15, -0.1) is 0 Å². The van der Waals surface area contributed by atoms with Gasteiger partial charge in [-0.05, 0) is 30.5 Å². The first-order valence-electron chi connectivity index (χ1n) is 6.94. The molecule has 2 amide bonds. The molecule has 2 rings (SSSR count). The molecule has 0 spiro atoms. The van der Waals surface area contributed by atoms with E-state index >= 15 is 0 Å². The largest absolute Gasteiger partial charge is 0.354 e. The minimum absolute atomic E-state index is 0.0447. The third-order valence-corrected chi connectivity index (χ3v) is 3.61. The van der Waals surface area contributed by atoms with Gasteiger partial charge in [-0.25, -0.2) is 0 Å². The van der Waals surface area contributed by atoms with E-state index in [1.54, 1.807) is 12.1 Å². The quantitative estimate of drug-likeness (QED) is 0.903. The number of halogens is 1.